The minimum absolute atomic E-state index is 0.271. The zero-order valence-corrected chi connectivity index (χ0v) is 12.9. The van der Waals surface area contributed by atoms with Crippen molar-refractivity contribution < 1.29 is 13.6 Å². The average Bonchev–Trinajstić information content (AvgIpc) is 3.06. The van der Waals surface area contributed by atoms with E-state index < -0.39 is 17.7 Å². The summed E-state index contributed by atoms with van der Waals surface area (Å²) in [6, 6.07) is 3.16. The van der Waals surface area contributed by atoms with Crippen LogP contribution < -0.4 is 4.90 Å². The van der Waals surface area contributed by atoms with Crippen molar-refractivity contribution in [1.82, 2.24) is 19.7 Å². The average molecular weight is 321 g/mol. The minimum Gasteiger partial charge on any atom is -0.306 e. The molecule has 1 aliphatic rings. The van der Waals surface area contributed by atoms with Crippen LogP contribution in [0.3, 0.4) is 0 Å². The molecule has 3 rings (SSSR count). The van der Waals surface area contributed by atoms with Gasteiger partial charge in [0.25, 0.3) is 0 Å². The zero-order valence-electron chi connectivity index (χ0n) is 12.9. The Labute approximate surface area is 132 Å². The third-order valence-corrected chi connectivity index (χ3v) is 4.11. The molecule has 1 aromatic carbocycles. The van der Waals surface area contributed by atoms with Gasteiger partial charge in [-0.3, -0.25) is 14.4 Å². The fourth-order valence-corrected chi connectivity index (χ4v) is 2.84. The maximum atomic E-state index is 13.9. The van der Waals surface area contributed by atoms with Gasteiger partial charge in [0.05, 0.1) is 12.6 Å². The lowest BCUT2D eigenvalue weighted by molar-refractivity contribution is -0.121. The van der Waals surface area contributed by atoms with E-state index in [2.05, 4.69) is 10.1 Å². The van der Waals surface area contributed by atoms with Gasteiger partial charge in [0.15, 0.2) is 0 Å². The predicted molar refractivity (Wildman–Crippen MR) is 79.6 cm³/mol. The van der Waals surface area contributed by atoms with Gasteiger partial charge in [0.2, 0.25) is 5.91 Å². The van der Waals surface area contributed by atoms with Crippen molar-refractivity contribution in [1.29, 1.82) is 0 Å². The monoisotopic (exact) mass is 321 g/mol. The van der Waals surface area contributed by atoms with Crippen LogP contribution in [0.1, 0.15) is 12.2 Å². The number of aryl methyl sites for hydroxylation is 1. The van der Waals surface area contributed by atoms with Gasteiger partial charge in [0, 0.05) is 13.6 Å². The molecule has 2 aromatic rings. The fraction of sp³-hybridized carbons (Fsp3) is 0.400. The molecule has 8 heteroatoms. The number of carbonyl (C=O) groups excluding carboxylic acids is 1. The molecule has 6 nitrogen and oxygen atoms in total. The van der Waals surface area contributed by atoms with E-state index in [0.717, 1.165) is 18.0 Å². The van der Waals surface area contributed by atoms with Crippen molar-refractivity contribution in [3.05, 3.63) is 42.0 Å². The molecule has 1 unspecified atom stereocenters. The van der Waals surface area contributed by atoms with Crippen molar-refractivity contribution in [2.24, 2.45) is 7.05 Å². The van der Waals surface area contributed by atoms with Crippen LogP contribution in [0.15, 0.2) is 24.5 Å². The van der Waals surface area contributed by atoms with Crippen LogP contribution in [-0.4, -0.2) is 45.2 Å². The summed E-state index contributed by atoms with van der Waals surface area (Å²) in [5.74, 6) is -1.04. The highest BCUT2D eigenvalue weighted by Crippen LogP contribution is 2.29. The molecule has 1 amide bonds. The Hall–Kier alpha value is -2.35. The van der Waals surface area contributed by atoms with Crippen LogP contribution in [0.4, 0.5) is 14.5 Å². The van der Waals surface area contributed by atoms with Crippen molar-refractivity contribution in [2.45, 2.75) is 19.0 Å². The summed E-state index contributed by atoms with van der Waals surface area (Å²) < 4.78 is 29.4. The molecule has 1 saturated heterocycles. The number of hydrogen-bond donors (Lipinski definition) is 0. The first-order valence-electron chi connectivity index (χ1n) is 7.27. The van der Waals surface area contributed by atoms with Crippen molar-refractivity contribution >= 4 is 11.6 Å². The Balaban J connectivity index is 1.77. The molecule has 1 atom stereocenters. The quantitative estimate of drug-likeness (QED) is 0.852. The molecule has 2 heterocycles. The highest BCUT2D eigenvalue weighted by molar-refractivity contribution is 5.99. The molecule has 122 valence electrons. The van der Waals surface area contributed by atoms with Crippen LogP contribution in [0.5, 0.6) is 0 Å². The molecule has 1 aromatic heterocycles. The Morgan fingerprint density at radius 1 is 1.35 bits per heavy atom. The van der Waals surface area contributed by atoms with E-state index in [1.54, 1.807) is 18.8 Å². The third-order valence-electron chi connectivity index (χ3n) is 4.11. The maximum absolute atomic E-state index is 13.9. The second-order valence-electron chi connectivity index (χ2n) is 5.58. The lowest BCUT2D eigenvalue weighted by atomic mass is 10.2. The summed E-state index contributed by atoms with van der Waals surface area (Å²) in [7, 11) is 3.56. The normalized spacial score (nSPS) is 18.2. The van der Waals surface area contributed by atoms with Crippen LogP contribution in [-0.2, 0) is 18.4 Å². The first-order chi connectivity index (χ1) is 11.0. The number of para-hydroxylation sites is 1. The molecule has 1 fully saturated rings. The lowest BCUT2D eigenvalue weighted by Gasteiger charge is -2.23. The van der Waals surface area contributed by atoms with Gasteiger partial charge in [0.1, 0.15) is 29.5 Å². The zero-order chi connectivity index (χ0) is 16.6. The molecule has 23 heavy (non-hydrogen) atoms. The standard InChI is InChI=1S/C15H17F2N5O/c1-20(8-13-18-9-19-21(13)2)12-6-7-22(15(12)23)14-10(16)4-3-5-11(14)17/h3-5,9,12H,6-8H2,1-2H3. The van der Waals surface area contributed by atoms with E-state index in [1.807, 2.05) is 4.90 Å². The number of carbonyl (C=O) groups is 1. The predicted octanol–water partition coefficient (Wildman–Crippen LogP) is 1.33. The second kappa shape index (κ2) is 6.04. The maximum Gasteiger partial charge on any atom is 0.244 e. The van der Waals surface area contributed by atoms with Gasteiger partial charge in [-0.05, 0) is 25.6 Å². The number of rotatable bonds is 4. The molecule has 0 aliphatic carbocycles. The molecule has 0 spiro atoms. The number of anilines is 1. The smallest absolute Gasteiger partial charge is 0.244 e. The Morgan fingerprint density at radius 3 is 2.65 bits per heavy atom. The highest BCUT2D eigenvalue weighted by atomic mass is 19.1. The molecular formula is C15H17F2N5O. The topological polar surface area (TPSA) is 54.3 Å². The number of benzene rings is 1. The van der Waals surface area contributed by atoms with Gasteiger partial charge in [-0.25, -0.2) is 13.8 Å². The van der Waals surface area contributed by atoms with E-state index in [-0.39, 0.29) is 18.1 Å². The van der Waals surface area contributed by atoms with Gasteiger partial charge < -0.3 is 4.90 Å². The second-order valence-corrected chi connectivity index (χ2v) is 5.58. The molecule has 0 saturated carbocycles. The number of aromatic nitrogens is 3. The number of halogens is 2. The van der Waals surface area contributed by atoms with Crippen molar-refractivity contribution in [3.8, 4) is 0 Å². The Morgan fingerprint density at radius 2 is 2.04 bits per heavy atom. The van der Waals surface area contributed by atoms with E-state index in [1.165, 1.54) is 17.3 Å². The SMILES string of the molecule is CN(Cc1ncnn1C)C1CCN(c2c(F)cccc2F)C1=O. The van der Waals surface area contributed by atoms with Crippen LogP contribution in [0.2, 0.25) is 0 Å². The Kier molecular flexibility index (Phi) is 4.08. The van der Waals surface area contributed by atoms with Crippen molar-refractivity contribution in [2.75, 3.05) is 18.5 Å². The van der Waals surface area contributed by atoms with Crippen LogP contribution in [0, 0.1) is 11.6 Å². The van der Waals surface area contributed by atoms with Crippen LogP contribution >= 0.6 is 0 Å². The summed E-state index contributed by atoms with van der Waals surface area (Å²) in [6.45, 7) is 0.713. The van der Waals surface area contributed by atoms with E-state index in [4.69, 9.17) is 0 Å². The van der Waals surface area contributed by atoms with Crippen molar-refractivity contribution in [3.63, 3.8) is 0 Å². The molecular weight excluding hydrogens is 304 g/mol. The summed E-state index contributed by atoms with van der Waals surface area (Å²) in [5, 5.41) is 3.99. The first-order valence-corrected chi connectivity index (χ1v) is 7.27. The van der Waals surface area contributed by atoms with Gasteiger partial charge in [-0.15, -0.1) is 0 Å². The van der Waals surface area contributed by atoms with Crippen LogP contribution in [0.25, 0.3) is 0 Å². The van der Waals surface area contributed by atoms with Gasteiger partial charge in [-0.2, -0.15) is 5.10 Å². The summed E-state index contributed by atoms with van der Waals surface area (Å²) in [6.07, 6.45) is 1.95. The summed E-state index contributed by atoms with van der Waals surface area (Å²) >= 11 is 0. The lowest BCUT2D eigenvalue weighted by Crippen LogP contribution is -2.40. The molecule has 0 bridgehead atoms. The molecule has 0 radical (unpaired) electrons. The van der Waals surface area contributed by atoms with E-state index in [9.17, 15) is 13.6 Å². The molecule has 1 aliphatic heterocycles. The third kappa shape index (κ3) is 2.81. The first kappa shape index (κ1) is 15.5. The number of hydrogen-bond acceptors (Lipinski definition) is 4. The molecule has 0 N–H and O–H groups in total. The largest absolute Gasteiger partial charge is 0.306 e. The minimum atomic E-state index is -0.727. The van der Waals surface area contributed by atoms with E-state index >= 15 is 0 Å². The van der Waals surface area contributed by atoms with Gasteiger partial charge >= 0.3 is 0 Å². The Bertz CT molecular complexity index is 712. The van der Waals surface area contributed by atoms with E-state index in [0.29, 0.717) is 13.0 Å². The summed E-state index contributed by atoms with van der Waals surface area (Å²) in [4.78, 5) is 19.7. The fourth-order valence-electron chi connectivity index (χ4n) is 2.84. The number of nitrogens with zero attached hydrogens (tertiary/aromatic N) is 5. The van der Waals surface area contributed by atoms with Gasteiger partial charge in [-0.1, -0.05) is 6.07 Å². The number of amides is 1. The summed E-state index contributed by atoms with van der Waals surface area (Å²) in [5.41, 5.74) is -0.271. The number of likely N-dealkylation sites (N-methyl/N-ethyl adjacent to an activating group) is 1. The highest BCUT2D eigenvalue weighted by Gasteiger charge is 2.37.